The summed E-state index contributed by atoms with van der Waals surface area (Å²) in [7, 11) is 0. The number of hydrogen-bond acceptors (Lipinski definition) is 7. The van der Waals surface area contributed by atoms with Crippen molar-refractivity contribution in [1.82, 2.24) is 10.2 Å². The number of amides is 2. The van der Waals surface area contributed by atoms with Crippen LogP contribution in [0.5, 0.6) is 0 Å². The lowest BCUT2D eigenvalue weighted by Gasteiger charge is -2.32. The molecule has 200 valence electrons. The third-order valence-electron chi connectivity index (χ3n) is 6.97. The minimum Gasteiger partial charge on any atom is -0.468 e. The molecule has 0 aromatic rings. The molecular formula is C27H40N2O7. The van der Waals surface area contributed by atoms with Gasteiger partial charge in [0.05, 0.1) is 6.10 Å². The van der Waals surface area contributed by atoms with Gasteiger partial charge in [-0.15, -0.1) is 6.42 Å². The Morgan fingerprint density at radius 1 is 1.14 bits per heavy atom. The van der Waals surface area contributed by atoms with E-state index in [1.54, 1.807) is 4.90 Å². The maximum Gasteiger partial charge on any atom is 0.326 e. The van der Waals surface area contributed by atoms with Crippen LogP contribution in [0.1, 0.15) is 65.2 Å². The predicted molar refractivity (Wildman–Crippen MR) is 132 cm³/mol. The zero-order valence-electron chi connectivity index (χ0n) is 21.5. The average molecular weight is 505 g/mol. The molecule has 0 radical (unpaired) electrons. The molecule has 5 aliphatic heterocycles. The quantitative estimate of drug-likeness (QED) is 0.524. The Kier molecular flexibility index (Phi) is 10.1. The number of nitrogens with zero attached hydrogens (tertiary/aromatic N) is 1. The topological polar surface area (TPSA) is 87.7 Å². The molecule has 5 aliphatic rings. The number of carbonyl (C=O) groups is 1. The number of terminal acetylenes is 1. The smallest absolute Gasteiger partial charge is 0.326 e. The second-order valence-electron chi connectivity index (χ2n) is 9.76. The summed E-state index contributed by atoms with van der Waals surface area (Å²) >= 11 is 0. The number of rotatable bonds is 7. The van der Waals surface area contributed by atoms with Gasteiger partial charge in [0, 0.05) is 25.0 Å². The summed E-state index contributed by atoms with van der Waals surface area (Å²) in [6, 6.07) is -0.182. The third kappa shape index (κ3) is 7.24. The van der Waals surface area contributed by atoms with Crippen molar-refractivity contribution in [2.24, 2.45) is 5.92 Å². The van der Waals surface area contributed by atoms with Gasteiger partial charge in [0.1, 0.15) is 25.2 Å². The Labute approximate surface area is 214 Å². The van der Waals surface area contributed by atoms with Gasteiger partial charge in [-0.3, -0.25) is 10.2 Å². The van der Waals surface area contributed by atoms with Crippen molar-refractivity contribution in [2.75, 3.05) is 26.4 Å². The number of carbonyl (C=O) groups excluding carboxylic acids is 1. The molecule has 2 amide bonds. The van der Waals surface area contributed by atoms with E-state index in [0.29, 0.717) is 24.9 Å². The first kappa shape index (κ1) is 27.0. The Morgan fingerprint density at radius 3 is 2.47 bits per heavy atom. The molecule has 36 heavy (non-hydrogen) atoms. The molecule has 3 saturated heterocycles. The van der Waals surface area contributed by atoms with Crippen LogP contribution < -0.4 is 5.32 Å². The number of urea groups is 1. The van der Waals surface area contributed by atoms with E-state index in [1.165, 1.54) is 6.42 Å². The number of nitrogens with one attached hydrogen (secondary N) is 1. The molecular weight excluding hydrogens is 464 g/mol. The van der Waals surface area contributed by atoms with E-state index in [1.807, 2.05) is 12.3 Å². The fourth-order valence-corrected chi connectivity index (χ4v) is 4.97. The largest absolute Gasteiger partial charge is 0.468 e. The van der Waals surface area contributed by atoms with Crippen molar-refractivity contribution < 1.29 is 33.2 Å². The first-order valence-electron chi connectivity index (χ1n) is 13.3. The van der Waals surface area contributed by atoms with Crippen LogP contribution in [0.4, 0.5) is 4.79 Å². The summed E-state index contributed by atoms with van der Waals surface area (Å²) in [4.78, 5) is 14.1. The molecule has 5 heterocycles. The van der Waals surface area contributed by atoms with Gasteiger partial charge in [-0.2, -0.15) is 0 Å². The first-order chi connectivity index (χ1) is 17.6. The maximum absolute atomic E-state index is 12.5. The van der Waals surface area contributed by atoms with E-state index in [-0.39, 0.29) is 30.9 Å². The SMILES string of the molecule is C#CCOC1CCCCO1.CC[C@H]1O[C@@H](N2C=C3C=C(COC4CCCCO4)OC3NC2=O)C[C@H]1C. The molecule has 6 atom stereocenters. The van der Waals surface area contributed by atoms with Gasteiger partial charge in [0.2, 0.25) is 6.23 Å². The van der Waals surface area contributed by atoms with Gasteiger partial charge in [-0.1, -0.05) is 19.8 Å². The van der Waals surface area contributed by atoms with Crippen molar-refractivity contribution in [3.8, 4) is 12.3 Å². The Hall–Kier alpha value is -2.09. The van der Waals surface area contributed by atoms with Gasteiger partial charge >= 0.3 is 6.03 Å². The van der Waals surface area contributed by atoms with Gasteiger partial charge in [0.25, 0.3) is 0 Å². The van der Waals surface area contributed by atoms with Crippen LogP contribution in [0.25, 0.3) is 0 Å². The molecule has 1 N–H and O–H groups in total. The summed E-state index contributed by atoms with van der Waals surface area (Å²) in [6.45, 7) is 6.57. The lowest BCUT2D eigenvalue weighted by Crippen LogP contribution is -2.51. The standard InChI is InChI=1S/C19H28N2O5.C8H12O2/c1-3-15-12(2)8-16(26-15)21-10-13-9-14(25-18(13)20-19(21)22)11-24-17-6-4-5-7-23-17;1-2-6-9-8-5-3-4-7-10-8/h9-10,12,15-18H,3-8,11H2,1-2H3,(H,20,22);1,8H,3-7H2/t12-,15-,16-,17?,18?;/m1./s1. The maximum atomic E-state index is 12.5. The van der Waals surface area contributed by atoms with Crippen LogP contribution in [0.15, 0.2) is 23.6 Å². The molecule has 3 unspecified atom stereocenters. The molecule has 9 nitrogen and oxygen atoms in total. The van der Waals surface area contributed by atoms with Gasteiger partial charge in [-0.05, 0) is 63.4 Å². The summed E-state index contributed by atoms with van der Waals surface area (Å²) in [5.74, 6) is 3.57. The van der Waals surface area contributed by atoms with E-state index < -0.39 is 6.23 Å². The van der Waals surface area contributed by atoms with Gasteiger partial charge in [-0.25, -0.2) is 4.79 Å². The Bertz CT molecular complexity index is 826. The highest BCUT2D eigenvalue weighted by molar-refractivity contribution is 5.78. The monoisotopic (exact) mass is 504 g/mol. The normalized spacial score (nSPS) is 33.8. The minimum atomic E-state index is -0.439. The molecule has 0 aliphatic carbocycles. The van der Waals surface area contributed by atoms with E-state index in [2.05, 4.69) is 25.1 Å². The molecule has 0 spiro atoms. The Morgan fingerprint density at radius 2 is 1.86 bits per heavy atom. The van der Waals surface area contributed by atoms with Crippen LogP contribution in [-0.4, -0.2) is 68.5 Å². The number of ether oxygens (including phenoxy) is 6. The van der Waals surface area contributed by atoms with Gasteiger partial charge in [0.15, 0.2) is 12.6 Å². The van der Waals surface area contributed by atoms with E-state index in [4.69, 9.17) is 34.8 Å². The fraction of sp³-hybridized carbons (Fsp3) is 0.741. The van der Waals surface area contributed by atoms with Crippen molar-refractivity contribution in [3.63, 3.8) is 0 Å². The van der Waals surface area contributed by atoms with Crippen molar-refractivity contribution in [2.45, 2.75) is 96.4 Å². The number of fused-ring (bicyclic) bond motifs is 1. The molecule has 3 fully saturated rings. The molecule has 5 rings (SSSR count). The molecule has 0 aromatic heterocycles. The van der Waals surface area contributed by atoms with E-state index >= 15 is 0 Å². The highest BCUT2D eigenvalue weighted by Gasteiger charge is 2.40. The zero-order valence-corrected chi connectivity index (χ0v) is 21.5. The molecule has 0 bridgehead atoms. The second kappa shape index (κ2) is 13.5. The van der Waals surface area contributed by atoms with Crippen molar-refractivity contribution >= 4 is 6.03 Å². The van der Waals surface area contributed by atoms with Gasteiger partial charge < -0.3 is 28.4 Å². The summed E-state index contributed by atoms with van der Waals surface area (Å²) < 4.78 is 33.7. The van der Waals surface area contributed by atoms with E-state index in [0.717, 1.165) is 63.7 Å². The van der Waals surface area contributed by atoms with Crippen molar-refractivity contribution in [1.29, 1.82) is 0 Å². The third-order valence-corrected chi connectivity index (χ3v) is 6.97. The van der Waals surface area contributed by atoms with Crippen molar-refractivity contribution in [3.05, 3.63) is 23.6 Å². The highest BCUT2D eigenvalue weighted by atomic mass is 16.7. The molecule has 9 heteroatoms. The summed E-state index contributed by atoms with van der Waals surface area (Å²) in [6.07, 6.45) is 16.4. The zero-order chi connectivity index (χ0) is 25.3. The minimum absolute atomic E-state index is 0.0372. The average Bonchev–Trinajstić information content (AvgIpc) is 3.49. The summed E-state index contributed by atoms with van der Waals surface area (Å²) in [5, 5.41) is 2.90. The highest BCUT2D eigenvalue weighted by Crippen LogP contribution is 2.33. The Balaban J connectivity index is 0.000000256. The van der Waals surface area contributed by atoms with Crippen LogP contribution in [0, 0.1) is 18.3 Å². The van der Waals surface area contributed by atoms with Crippen LogP contribution in [0.2, 0.25) is 0 Å². The van der Waals surface area contributed by atoms with Crippen LogP contribution in [-0.2, 0) is 28.4 Å². The lowest BCUT2D eigenvalue weighted by atomic mass is 10.0. The fourth-order valence-electron chi connectivity index (χ4n) is 4.97. The predicted octanol–water partition coefficient (Wildman–Crippen LogP) is 4.00. The first-order valence-corrected chi connectivity index (χ1v) is 13.3. The molecule has 0 saturated carbocycles. The molecule has 0 aromatic carbocycles. The lowest BCUT2D eigenvalue weighted by molar-refractivity contribution is -0.162. The van der Waals surface area contributed by atoms with Crippen LogP contribution in [0.3, 0.4) is 0 Å². The van der Waals surface area contributed by atoms with Crippen LogP contribution >= 0.6 is 0 Å². The summed E-state index contributed by atoms with van der Waals surface area (Å²) in [5.41, 5.74) is 0.920. The second-order valence-corrected chi connectivity index (χ2v) is 9.76. The number of hydrogen-bond donors (Lipinski definition) is 1. The van der Waals surface area contributed by atoms with E-state index in [9.17, 15) is 4.79 Å².